The zero-order valence-electron chi connectivity index (χ0n) is 11.6. The first-order valence-electron chi connectivity index (χ1n) is 7.57. The SMILES string of the molecule is CC1CCCC(COCCNC(C)C2CC2)C1. The van der Waals surface area contributed by atoms with Crippen LogP contribution in [0.3, 0.4) is 0 Å². The second-order valence-corrected chi connectivity index (χ2v) is 6.29. The Morgan fingerprint density at radius 1 is 1.24 bits per heavy atom. The summed E-state index contributed by atoms with van der Waals surface area (Å²) in [5.74, 6) is 2.71. The number of nitrogens with one attached hydrogen (secondary N) is 1. The molecule has 0 bridgehead atoms. The molecule has 3 atom stereocenters. The first-order chi connectivity index (χ1) is 8.25. The Hall–Kier alpha value is -0.0800. The quantitative estimate of drug-likeness (QED) is 0.689. The van der Waals surface area contributed by atoms with Crippen LogP contribution in [0.2, 0.25) is 0 Å². The van der Waals surface area contributed by atoms with Crippen molar-refractivity contribution in [3.8, 4) is 0 Å². The van der Waals surface area contributed by atoms with Gasteiger partial charge in [0.25, 0.3) is 0 Å². The topological polar surface area (TPSA) is 21.3 Å². The lowest BCUT2D eigenvalue weighted by atomic mass is 9.83. The smallest absolute Gasteiger partial charge is 0.0591 e. The second kappa shape index (κ2) is 6.75. The maximum absolute atomic E-state index is 5.81. The first-order valence-corrected chi connectivity index (χ1v) is 7.57. The van der Waals surface area contributed by atoms with E-state index in [4.69, 9.17) is 4.74 Å². The summed E-state index contributed by atoms with van der Waals surface area (Å²) in [6, 6.07) is 0.702. The zero-order valence-corrected chi connectivity index (χ0v) is 11.6. The summed E-state index contributed by atoms with van der Waals surface area (Å²) < 4.78 is 5.81. The van der Waals surface area contributed by atoms with E-state index < -0.39 is 0 Å². The third-order valence-corrected chi connectivity index (χ3v) is 4.44. The standard InChI is InChI=1S/C15H29NO/c1-12-4-3-5-14(10-12)11-17-9-8-16-13(2)15-6-7-15/h12-16H,3-11H2,1-2H3. The Morgan fingerprint density at radius 2 is 2.06 bits per heavy atom. The minimum absolute atomic E-state index is 0.702. The van der Waals surface area contributed by atoms with E-state index in [1.807, 2.05) is 0 Å². The van der Waals surface area contributed by atoms with Crippen molar-refractivity contribution in [3.05, 3.63) is 0 Å². The van der Waals surface area contributed by atoms with Crippen LogP contribution >= 0.6 is 0 Å². The first kappa shape index (κ1) is 13.4. The van der Waals surface area contributed by atoms with E-state index in [-0.39, 0.29) is 0 Å². The van der Waals surface area contributed by atoms with E-state index in [1.165, 1.54) is 38.5 Å². The fraction of sp³-hybridized carbons (Fsp3) is 1.00. The lowest BCUT2D eigenvalue weighted by Gasteiger charge is -2.26. The third kappa shape index (κ3) is 4.97. The summed E-state index contributed by atoms with van der Waals surface area (Å²) >= 11 is 0. The number of ether oxygens (including phenoxy) is 1. The molecule has 2 aliphatic carbocycles. The average Bonchev–Trinajstić information content (AvgIpc) is 3.12. The van der Waals surface area contributed by atoms with Crippen molar-refractivity contribution in [1.29, 1.82) is 0 Å². The highest BCUT2D eigenvalue weighted by Gasteiger charge is 2.27. The van der Waals surface area contributed by atoms with E-state index in [0.717, 1.165) is 37.5 Å². The van der Waals surface area contributed by atoms with Gasteiger partial charge in [0.2, 0.25) is 0 Å². The predicted molar refractivity (Wildman–Crippen MR) is 72.1 cm³/mol. The van der Waals surface area contributed by atoms with Gasteiger partial charge in [0.05, 0.1) is 6.61 Å². The van der Waals surface area contributed by atoms with Gasteiger partial charge >= 0.3 is 0 Å². The summed E-state index contributed by atoms with van der Waals surface area (Å²) in [5.41, 5.74) is 0. The summed E-state index contributed by atoms with van der Waals surface area (Å²) in [4.78, 5) is 0. The highest BCUT2D eigenvalue weighted by molar-refractivity contribution is 4.82. The summed E-state index contributed by atoms with van der Waals surface area (Å²) in [7, 11) is 0. The average molecular weight is 239 g/mol. The molecule has 2 fully saturated rings. The van der Waals surface area contributed by atoms with Gasteiger partial charge in [0.15, 0.2) is 0 Å². The van der Waals surface area contributed by atoms with Crippen LogP contribution in [0.1, 0.15) is 52.4 Å². The molecule has 2 rings (SSSR count). The Balaban J connectivity index is 1.45. The van der Waals surface area contributed by atoms with Gasteiger partial charge in [0.1, 0.15) is 0 Å². The molecule has 0 spiro atoms. The van der Waals surface area contributed by atoms with Gasteiger partial charge in [-0.15, -0.1) is 0 Å². The largest absolute Gasteiger partial charge is 0.380 e. The molecule has 0 aromatic heterocycles. The van der Waals surface area contributed by atoms with Crippen molar-refractivity contribution < 1.29 is 4.74 Å². The Labute approximate surface area is 107 Å². The highest BCUT2D eigenvalue weighted by Crippen LogP contribution is 2.32. The Morgan fingerprint density at radius 3 is 2.76 bits per heavy atom. The Bertz CT molecular complexity index is 215. The van der Waals surface area contributed by atoms with Gasteiger partial charge in [-0.25, -0.2) is 0 Å². The van der Waals surface area contributed by atoms with E-state index in [1.54, 1.807) is 0 Å². The molecule has 0 aromatic carbocycles. The number of hydrogen-bond donors (Lipinski definition) is 1. The number of rotatable bonds is 7. The zero-order chi connectivity index (χ0) is 12.1. The summed E-state index contributed by atoms with van der Waals surface area (Å²) in [5, 5.41) is 3.57. The monoisotopic (exact) mass is 239 g/mol. The maximum Gasteiger partial charge on any atom is 0.0591 e. The van der Waals surface area contributed by atoms with Crippen molar-refractivity contribution in [2.75, 3.05) is 19.8 Å². The second-order valence-electron chi connectivity index (χ2n) is 6.29. The molecule has 17 heavy (non-hydrogen) atoms. The van der Waals surface area contributed by atoms with E-state index in [0.29, 0.717) is 6.04 Å². The minimum Gasteiger partial charge on any atom is -0.380 e. The van der Waals surface area contributed by atoms with Crippen LogP contribution in [0, 0.1) is 17.8 Å². The molecule has 0 aliphatic heterocycles. The maximum atomic E-state index is 5.81. The lowest BCUT2D eigenvalue weighted by molar-refractivity contribution is 0.0768. The van der Waals surface area contributed by atoms with Crippen LogP contribution in [0.15, 0.2) is 0 Å². The fourth-order valence-electron chi connectivity index (χ4n) is 3.08. The molecule has 0 amide bonds. The molecular weight excluding hydrogens is 210 g/mol. The van der Waals surface area contributed by atoms with Crippen LogP contribution in [-0.2, 0) is 4.74 Å². The van der Waals surface area contributed by atoms with Gasteiger partial charge < -0.3 is 10.1 Å². The third-order valence-electron chi connectivity index (χ3n) is 4.44. The van der Waals surface area contributed by atoms with Crippen LogP contribution in [-0.4, -0.2) is 25.8 Å². The fourth-order valence-corrected chi connectivity index (χ4v) is 3.08. The van der Waals surface area contributed by atoms with Gasteiger partial charge in [-0.3, -0.25) is 0 Å². The van der Waals surface area contributed by atoms with Gasteiger partial charge in [-0.05, 0) is 50.4 Å². The van der Waals surface area contributed by atoms with Crippen LogP contribution < -0.4 is 5.32 Å². The molecule has 100 valence electrons. The molecule has 2 heteroatoms. The molecule has 1 N–H and O–H groups in total. The van der Waals surface area contributed by atoms with Crippen molar-refractivity contribution in [2.24, 2.45) is 17.8 Å². The Kier molecular flexibility index (Phi) is 5.30. The van der Waals surface area contributed by atoms with E-state index in [2.05, 4.69) is 19.2 Å². The minimum atomic E-state index is 0.702. The molecule has 0 aromatic rings. The lowest BCUT2D eigenvalue weighted by Crippen LogP contribution is -2.31. The van der Waals surface area contributed by atoms with Crippen LogP contribution in [0.25, 0.3) is 0 Å². The van der Waals surface area contributed by atoms with Crippen molar-refractivity contribution >= 4 is 0 Å². The molecule has 0 saturated heterocycles. The molecule has 2 saturated carbocycles. The van der Waals surface area contributed by atoms with Gasteiger partial charge in [0, 0.05) is 19.2 Å². The van der Waals surface area contributed by atoms with E-state index >= 15 is 0 Å². The molecule has 2 aliphatic rings. The van der Waals surface area contributed by atoms with Crippen LogP contribution in [0.5, 0.6) is 0 Å². The molecule has 0 heterocycles. The molecule has 2 nitrogen and oxygen atoms in total. The molecular formula is C15H29NO. The predicted octanol–water partition coefficient (Wildman–Crippen LogP) is 3.22. The summed E-state index contributed by atoms with van der Waals surface area (Å²) in [6.07, 6.45) is 8.45. The van der Waals surface area contributed by atoms with Crippen molar-refractivity contribution in [3.63, 3.8) is 0 Å². The number of hydrogen-bond acceptors (Lipinski definition) is 2. The highest BCUT2D eigenvalue weighted by atomic mass is 16.5. The van der Waals surface area contributed by atoms with Crippen LogP contribution in [0.4, 0.5) is 0 Å². The van der Waals surface area contributed by atoms with Gasteiger partial charge in [-0.1, -0.05) is 19.8 Å². The van der Waals surface area contributed by atoms with Crippen molar-refractivity contribution in [2.45, 2.75) is 58.4 Å². The van der Waals surface area contributed by atoms with E-state index in [9.17, 15) is 0 Å². The van der Waals surface area contributed by atoms with Crippen molar-refractivity contribution in [1.82, 2.24) is 5.32 Å². The normalized spacial score (nSPS) is 31.4. The van der Waals surface area contributed by atoms with Gasteiger partial charge in [-0.2, -0.15) is 0 Å². The molecule has 3 unspecified atom stereocenters. The molecule has 0 radical (unpaired) electrons. The summed E-state index contributed by atoms with van der Waals surface area (Å²) in [6.45, 7) is 7.59.